The third kappa shape index (κ3) is 3.74. The van der Waals surface area contributed by atoms with E-state index in [4.69, 9.17) is 10.1 Å². The molecule has 0 spiro atoms. The second-order valence-corrected chi connectivity index (χ2v) is 8.09. The summed E-state index contributed by atoms with van der Waals surface area (Å²) in [5.41, 5.74) is -1.01. The lowest BCUT2D eigenvalue weighted by molar-refractivity contribution is -0.124. The quantitative estimate of drug-likeness (QED) is 0.724. The first kappa shape index (κ1) is 19.1. The number of guanidine groups is 1. The Morgan fingerprint density at radius 2 is 2.16 bits per heavy atom. The van der Waals surface area contributed by atoms with Crippen molar-refractivity contribution in [3.8, 4) is 0 Å². The van der Waals surface area contributed by atoms with Crippen molar-refractivity contribution in [2.75, 3.05) is 25.2 Å². The number of amides is 1. The molecule has 1 aliphatic heterocycles. The number of nitrogens with one attached hydrogen (secondary N) is 3. The number of nitrogens with zero attached hydrogens (tertiary/aromatic N) is 1. The van der Waals surface area contributed by atoms with Crippen LogP contribution in [0.5, 0.6) is 0 Å². The minimum Gasteiger partial charge on any atom is -0.372 e. The maximum Gasteiger partial charge on any atom is 0.253 e. The van der Waals surface area contributed by atoms with Gasteiger partial charge in [-0.1, -0.05) is 0 Å². The molecule has 0 aliphatic carbocycles. The topological polar surface area (TPSA) is 112 Å². The molecule has 10 heteroatoms. The highest BCUT2D eigenvalue weighted by Crippen LogP contribution is 2.31. The molecule has 1 heterocycles. The minimum absolute atomic E-state index is 0.0387. The van der Waals surface area contributed by atoms with Crippen molar-refractivity contribution in [2.24, 2.45) is 0 Å². The van der Waals surface area contributed by atoms with E-state index in [9.17, 15) is 17.6 Å². The van der Waals surface area contributed by atoms with Crippen LogP contribution in [0.1, 0.15) is 19.4 Å². The molecule has 0 radical (unpaired) electrons. The van der Waals surface area contributed by atoms with E-state index >= 15 is 0 Å². The lowest BCUT2D eigenvalue weighted by Gasteiger charge is -2.40. The van der Waals surface area contributed by atoms with Gasteiger partial charge in [-0.25, -0.2) is 17.1 Å². The molecule has 3 N–H and O–H groups in total. The highest BCUT2D eigenvalue weighted by Gasteiger charge is 2.43. The smallest absolute Gasteiger partial charge is 0.253 e. The molecule has 1 fully saturated rings. The summed E-state index contributed by atoms with van der Waals surface area (Å²) >= 11 is 0. The monoisotopic (exact) mass is 372 g/mol. The molecule has 2 atom stereocenters. The first-order chi connectivity index (χ1) is 11.5. The van der Waals surface area contributed by atoms with E-state index in [0.29, 0.717) is 5.69 Å². The summed E-state index contributed by atoms with van der Waals surface area (Å²) in [5.74, 6) is -1.83. The Bertz CT molecular complexity index is 814. The summed E-state index contributed by atoms with van der Waals surface area (Å²) in [4.78, 5) is 11.9. The summed E-state index contributed by atoms with van der Waals surface area (Å²) < 4.78 is 44.5. The van der Waals surface area contributed by atoms with Crippen LogP contribution in [0.15, 0.2) is 18.2 Å². The molecular weight excluding hydrogens is 351 g/mol. The highest BCUT2D eigenvalue weighted by molar-refractivity contribution is 7.89. The average Bonchev–Trinajstić information content (AvgIpc) is 2.53. The number of methoxy groups -OCH3 is 1. The van der Waals surface area contributed by atoms with E-state index in [1.807, 2.05) is 0 Å². The largest absolute Gasteiger partial charge is 0.372 e. The minimum atomic E-state index is -3.76. The Morgan fingerprint density at radius 3 is 2.72 bits per heavy atom. The van der Waals surface area contributed by atoms with Crippen molar-refractivity contribution >= 4 is 27.6 Å². The molecule has 2 rings (SSSR count). The van der Waals surface area contributed by atoms with Crippen molar-refractivity contribution < 1.29 is 22.3 Å². The van der Waals surface area contributed by atoms with Crippen LogP contribution in [-0.4, -0.2) is 50.6 Å². The Morgan fingerprint density at radius 1 is 1.52 bits per heavy atom. The van der Waals surface area contributed by atoms with Crippen LogP contribution < -0.4 is 10.6 Å². The number of benzene rings is 1. The zero-order valence-corrected chi connectivity index (χ0v) is 15.2. The van der Waals surface area contributed by atoms with Crippen molar-refractivity contribution in [2.45, 2.75) is 25.5 Å². The molecule has 1 amide bonds. The molecule has 8 nitrogen and oxygen atoms in total. The Balaban J connectivity index is 2.40. The van der Waals surface area contributed by atoms with Crippen LogP contribution in [0.2, 0.25) is 0 Å². The number of ether oxygens (including phenoxy) is 1. The van der Waals surface area contributed by atoms with E-state index < -0.39 is 39.1 Å². The number of carbonyl (C=O) groups excluding carboxylic acids is 1. The molecule has 0 bridgehead atoms. The summed E-state index contributed by atoms with van der Waals surface area (Å²) in [6.45, 7) is 3.06. The van der Waals surface area contributed by atoms with Crippen molar-refractivity contribution in [1.82, 2.24) is 9.62 Å². The van der Waals surface area contributed by atoms with Gasteiger partial charge in [0.15, 0.2) is 0 Å². The fraction of sp³-hybridized carbons (Fsp3) is 0.467. The molecule has 25 heavy (non-hydrogen) atoms. The maximum absolute atomic E-state index is 14.4. The second-order valence-electron chi connectivity index (χ2n) is 6.09. The van der Waals surface area contributed by atoms with Gasteiger partial charge in [-0.3, -0.25) is 10.2 Å². The Labute approximate surface area is 145 Å². The van der Waals surface area contributed by atoms with Crippen LogP contribution in [0.25, 0.3) is 0 Å². The molecule has 0 aromatic heterocycles. The number of hydrogen-bond donors (Lipinski definition) is 3. The van der Waals surface area contributed by atoms with E-state index in [0.717, 1.165) is 10.4 Å². The third-order valence-corrected chi connectivity index (χ3v) is 6.11. The Hall–Kier alpha value is -2.20. The van der Waals surface area contributed by atoms with E-state index in [-0.39, 0.29) is 11.5 Å². The summed E-state index contributed by atoms with van der Waals surface area (Å²) in [7, 11) is -1.12. The van der Waals surface area contributed by atoms with Crippen molar-refractivity contribution in [3.05, 3.63) is 29.6 Å². The van der Waals surface area contributed by atoms with Crippen LogP contribution in [0.4, 0.5) is 10.1 Å². The van der Waals surface area contributed by atoms with Gasteiger partial charge in [-0.05, 0) is 32.0 Å². The van der Waals surface area contributed by atoms with Gasteiger partial charge in [0.05, 0.1) is 11.3 Å². The van der Waals surface area contributed by atoms with E-state index in [2.05, 4.69) is 10.6 Å². The molecular formula is C15H21FN4O4S. The number of sulfonamides is 1. The van der Waals surface area contributed by atoms with E-state index in [1.165, 1.54) is 33.2 Å². The molecule has 1 aromatic carbocycles. The third-order valence-electron chi connectivity index (χ3n) is 4.15. The summed E-state index contributed by atoms with van der Waals surface area (Å²) in [6.07, 6.45) is -0.695. The first-order valence-corrected chi connectivity index (χ1v) is 9.08. The second kappa shape index (κ2) is 6.60. The maximum atomic E-state index is 14.4. The fourth-order valence-electron chi connectivity index (χ4n) is 2.50. The molecule has 138 valence electrons. The zero-order valence-electron chi connectivity index (χ0n) is 14.4. The zero-order chi connectivity index (χ0) is 19.0. The van der Waals surface area contributed by atoms with Gasteiger partial charge in [0.2, 0.25) is 16.0 Å². The van der Waals surface area contributed by atoms with Gasteiger partial charge in [0.1, 0.15) is 11.9 Å². The molecule has 1 aromatic rings. The summed E-state index contributed by atoms with van der Waals surface area (Å²) in [6, 6.07) is 3.87. The molecule has 0 saturated carbocycles. The molecule has 1 aliphatic rings. The lowest BCUT2D eigenvalue weighted by atomic mass is 9.93. The van der Waals surface area contributed by atoms with Gasteiger partial charge in [-0.2, -0.15) is 0 Å². The normalized spacial score (nSPS) is 23.7. The predicted octanol–water partition coefficient (Wildman–Crippen LogP) is 0.814. The average molecular weight is 372 g/mol. The summed E-state index contributed by atoms with van der Waals surface area (Å²) in [5, 5.41) is 13.1. The fourth-order valence-corrected chi connectivity index (χ4v) is 3.97. The number of halogens is 1. The predicted molar refractivity (Wildman–Crippen MR) is 91.3 cm³/mol. The lowest BCUT2D eigenvalue weighted by Crippen LogP contribution is -2.61. The van der Waals surface area contributed by atoms with Gasteiger partial charge >= 0.3 is 0 Å². The van der Waals surface area contributed by atoms with Crippen LogP contribution in [0, 0.1) is 11.2 Å². The SMILES string of the molecule is CO[C@@H](C)C(=O)Nc1ccc(F)c([C@]2(C)CS(=O)(=O)N(C)C(=N)N2)c1. The van der Waals surface area contributed by atoms with E-state index in [1.54, 1.807) is 6.92 Å². The van der Waals surface area contributed by atoms with Crippen LogP contribution in [0.3, 0.4) is 0 Å². The highest BCUT2D eigenvalue weighted by atomic mass is 32.2. The molecule has 0 unspecified atom stereocenters. The Kier molecular flexibility index (Phi) is 5.05. The van der Waals surface area contributed by atoms with Crippen LogP contribution in [-0.2, 0) is 25.1 Å². The first-order valence-electron chi connectivity index (χ1n) is 7.47. The van der Waals surface area contributed by atoms with Gasteiger partial charge < -0.3 is 15.4 Å². The van der Waals surface area contributed by atoms with Gasteiger partial charge in [-0.15, -0.1) is 0 Å². The van der Waals surface area contributed by atoms with Crippen molar-refractivity contribution in [3.63, 3.8) is 0 Å². The number of rotatable bonds is 4. The standard InChI is InChI=1S/C15H21FN4O4S/c1-9(24-4)13(21)18-10-5-6-12(16)11(7-10)15(2)8-25(22,23)20(3)14(17)19-15/h5-7,9H,8H2,1-4H3,(H2,17,19)(H,18,21)/t9-,15-/m0/s1. The van der Waals surface area contributed by atoms with Gasteiger partial charge in [0, 0.05) is 25.4 Å². The number of anilines is 1. The van der Waals surface area contributed by atoms with Crippen molar-refractivity contribution in [1.29, 1.82) is 5.41 Å². The van der Waals surface area contributed by atoms with Gasteiger partial charge in [0.25, 0.3) is 5.91 Å². The number of hydrogen-bond acceptors (Lipinski definition) is 5. The van der Waals surface area contributed by atoms with Crippen LogP contribution >= 0.6 is 0 Å². The number of carbonyl (C=O) groups is 1. The molecule has 1 saturated heterocycles.